The van der Waals surface area contributed by atoms with Gasteiger partial charge >= 0.3 is 0 Å². The molecule has 3 heterocycles. The van der Waals surface area contributed by atoms with Crippen LogP contribution in [0.15, 0.2) is 42.9 Å². The van der Waals surface area contributed by atoms with Gasteiger partial charge in [-0.2, -0.15) is 0 Å². The van der Waals surface area contributed by atoms with Gasteiger partial charge in [-0.1, -0.05) is 17.7 Å². The van der Waals surface area contributed by atoms with Crippen molar-refractivity contribution in [2.75, 3.05) is 26.2 Å². The summed E-state index contributed by atoms with van der Waals surface area (Å²) in [6, 6.07) is 7.30. The molecule has 1 saturated heterocycles. The molecule has 1 aliphatic heterocycles. The highest BCUT2D eigenvalue weighted by Gasteiger charge is 2.23. The maximum atomic E-state index is 12.4. The fraction of sp³-hybridized carbons (Fsp3) is 0.312. The van der Waals surface area contributed by atoms with Gasteiger partial charge in [0.2, 0.25) is 0 Å². The molecule has 0 saturated carbocycles. The van der Waals surface area contributed by atoms with E-state index in [1.807, 2.05) is 17.2 Å². The van der Waals surface area contributed by atoms with Crippen LogP contribution in [0.3, 0.4) is 0 Å². The normalized spacial score (nSPS) is 15.8. The second-order valence-corrected chi connectivity index (χ2v) is 5.73. The first-order valence-electron chi connectivity index (χ1n) is 7.24. The number of carbonyl (C=O) groups excluding carboxylic acids is 1. The van der Waals surface area contributed by atoms with E-state index in [9.17, 15) is 4.79 Å². The molecule has 0 bridgehead atoms. The van der Waals surface area contributed by atoms with Gasteiger partial charge in [0.1, 0.15) is 5.69 Å². The summed E-state index contributed by atoms with van der Waals surface area (Å²) in [6.07, 6.45) is 5.22. The predicted octanol–water partition coefficient (Wildman–Crippen LogP) is 2.09. The van der Waals surface area contributed by atoms with Crippen molar-refractivity contribution in [2.45, 2.75) is 6.54 Å². The van der Waals surface area contributed by atoms with Gasteiger partial charge in [0, 0.05) is 56.3 Å². The third kappa shape index (κ3) is 3.61. The molecule has 1 aliphatic rings. The predicted molar refractivity (Wildman–Crippen MR) is 84.7 cm³/mol. The fourth-order valence-electron chi connectivity index (χ4n) is 2.54. The van der Waals surface area contributed by atoms with Gasteiger partial charge in [-0.3, -0.25) is 19.7 Å². The maximum Gasteiger partial charge on any atom is 0.272 e. The Labute approximate surface area is 134 Å². The lowest BCUT2D eigenvalue weighted by Gasteiger charge is -2.34. The molecule has 0 radical (unpaired) electrons. The molecular weight excluding hydrogens is 300 g/mol. The minimum atomic E-state index is -0.0523. The van der Waals surface area contributed by atoms with E-state index in [0.717, 1.165) is 19.6 Å². The van der Waals surface area contributed by atoms with Crippen molar-refractivity contribution < 1.29 is 4.79 Å². The molecule has 0 unspecified atom stereocenters. The third-order valence-electron chi connectivity index (χ3n) is 3.73. The molecule has 0 atom stereocenters. The van der Waals surface area contributed by atoms with Crippen LogP contribution in [0.5, 0.6) is 0 Å². The molecule has 0 aliphatic carbocycles. The van der Waals surface area contributed by atoms with Gasteiger partial charge in [-0.05, 0) is 23.8 Å². The standard InChI is InChI=1S/C16H17ClN4O/c17-14-3-5-19-15(10-14)16(22)21-8-6-20(7-9-21)12-13-2-1-4-18-11-13/h1-5,10-11H,6-9,12H2. The highest BCUT2D eigenvalue weighted by atomic mass is 35.5. The summed E-state index contributed by atoms with van der Waals surface area (Å²) in [6.45, 7) is 3.97. The topological polar surface area (TPSA) is 49.3 Å². The number of hydrogen-bond donors (Lipinski definition) is 0. The number of piperazine rings is 1. The second kappa shape index (κ2) is 6.85. The maximum absolute atomic E-state index is 12.4. The van der Waals surface area contributed by atoms with Crippen molar-refractivity contribution in [3.63, 3.8) is 0 Å². The lowest BCUT2D eigenvalue weighted by molar-refractivity contribution is 0.0622. The molecular formula is C16H17ClN4O. The van der Waals surface area contributed by atoms with Crippen LogP contribution >= 0.6 is 11.6 Å². The van der Waals surface area contributed by atoms with Crippen molar-refractivity contribution in [1.29, 1.82) is 0 Å². The number of aromatic nitrogens is 2. The van der Waals surface area contributed by atoms with Crippen molar-refractivity contribution in [2.24, 2.45) is 0 Å². The van der Waals surface area contributed by atoms with E-state index in [1.54, 1.807) is 24.5 Å². The lowest BCUT2D eigenvalue weighted by atomic mass is 10.2. The average Bonchev–Trinajstić information content (AvgIpc) is 2.56. The van der Waals surface area contributed by atoms with Gasteiger partial charge in [-0.25, -0.2) is 0 Å². The molecule has 1 fully saturated rings. The number of pyridine rings is 2. The Kier molecular flexibility index (Phi) is 4.65. The van der Waals surface area contributed by atoms with Crippen molar-refractivity contribution in [3.8, 4) is 0 Å². The van der Waals surface area contributed by atoms with Gasteiger partial charge in [-0.15, -0.1) is 0 Å². The van der Waals surface area contributed by atoms with Crippen LogP contribution in [0.2, 0.25) is 5.02 Å². The number of halogens is 1. The Bertz CT molecular complexity index is 642. The van der Waals surface area contributed by atoms with Crippen LogP contribution in [0, 0.1) is 0 Å². The monoisotopic (exact) mass is 316 g/mol. The van der Waals surface area contributed by atoms with Crippen molar-refractivity contribution in [1.82, 2.24) is 19.8 Å². The number of hydrogen-bond acceptors (Lipinski definition) is 4. The van der Waals surface area contributed by atoms with E-state index in [1.165, 1.54) is 5.56 Å². The average molecular weight is 317 g/mol. The Morgan fingerprint density at radius 1 is 1.18 bits per heavy atom. The Hall–Kier alpha value is -1.98. The summed E-state index contributed by atoms with van der Waals surface area (Å²) in [5.41, 5.74) is 1.60. The molecule has 0 N–H and O–H groups in total. The second-order valence-electron chi connectivity index (χ2n) is 5.29. The minimum absolute atomic E-state index is 0.0523. The van der Waals surface area contributed by atoms with Crippen LogP contribution in [0.1, 0.15) is 16.1 Å². The van der Waals surface area contributed by atoms with E-state index in [-0.39, 0.29) is 5.91 Å². The van der Waals surface area contributed by atoms with E-state index >= 15 is 0 Å². The summed E-state index contributed by atoms with van der Waals surface area (Å²) in [4.78, 5) is 24.8. The lowest BCUT2D eigenvalue weighted by Crippen LogP contribution is -2.48. The number of amides is 1. The van der Waals surface area contributed by atoms with Crippen molar-refractivity contribution >= 4 is 17.5 Å². The van der Waals surface area contributed by atoms with Crippen molar-refractivity contribution in [3.05, 3.63) is 59.1 Å². The van der Waals surface area contributed by atoms with Crippen LogP contribution in [-0.2, 0) is 6.54 Å². The molecule has 1 amide bonds. The van der Waals surface area contributed by atoms with E-state index in [0.29, 0.717) is 23.8 Å². The van der Waals surface area contributed by atoms with E-state index in [2.05, 4.69) is 20.9 Å². The van der Waals surface area contributed by atoms with Gasteiger partial charge in [0.25, 0.3) is 5.91 Å². The zero-order valence-electron chi connectivity index (χ0n) is 12.2. The summed E-state index contributed by atoms with van der Waals surface area (Å²) < 4.78 is 0. The van der Waals surface area contributed by atoms with Gasteiger partial charge in [0.15, 0.2) is 0 Å². The summed E-state index contributed by atoms with van der Waals surface area (Å²) in [5.74, 6) is -0.0523. The molecule has 114 valence electrons. The molecule has 2 aromatic rings. The van der Waals surface area contributed by atoms with Gasteiger partial charge in [0.05, 0.1) is 0 Å². The number of rotatable bonds is 3. The molecule has 0 aromatic carbocycles. The van der Waals surface area contributed by atoms with Gasteiger partial charge < -0.3 is 4.90 Å². The minimum Gasteiger partial charge on any atom is -0.335 e. The van der Waals surface area contributed by atoms with Crippen LogP contribution < -0.4 is 0 Å². The molecule has 0 spiro atoms. The fourth-order valence-corrected chi connectivity index (χ4v) is 2.70. The first-order chi connectivity index (χ1) is 10.7. The van der Waals surface area contributed by atoms with Crippen LogP contribution in [-0.4, -0.2) is 51.9 Å². The molecule has 3 rings (SSSR count). The highest BCUT2D eigenvalue weighted by Crippen LogP contribution is 2.13. The molecule has 2 aromatic heterocycles. The molecule has 5 nitrogen and oxygen atoms in total. The first-order valence-corrected chi connectivity index (χ1v) is 7.62. The quantitative estimate of drug-likeness (QED) is 0.870. The highest BCUT2D eigenvalue weighted by molar-refractivity contribution is 6.30. The Balaban J connectivity index is 1.56. The summed E-state index contributed by atoms with van der Waals surface area (Å²) in [7, 11) is 0. The molecule has 22 heavy (non-hydrogen) atoms. The SMILES string of the molecule is O=C(c1cc(Cl)ccn1)N1CCN(Cc2cccnc2)CC1. The van der Waals surface area contributed by atoms with Crippen LogP contribution in [0.25, 0.3) is 0 Å². The smallest absolute Gasteiger partial charge is 0.272 e. The first kappa shape index (κ1) is 14.9. The Morgan fingerprint density at radius 3 is 2.68 bits per heavy atom. The number of nitrogens with zero attached hydrogens (tertiary/aromatic N) is 4. The summed E-state index contributed by atoms with van der Waals surface area (Å²) >= 11 is 5.92. The zero-order chi connectivity index (χ0) is 15.4. The largest absolute Gasteiger partial charge is 0.335 e. The molecule has 6 heteroatoms. The zero-order valence-corrected chi connectivity index (χ0v) is 12.9. The number of carbonyl (C=O) groups is 1. The van der Waals surface area contributed by atoms with E-state index < -0.39 is 0 Å². The Morgan fingerprint density at radius 2 is 2.00 bits per heavy atom. The summed E-state index contributed by atoms with van der Waals surface area (Å²) in [5, 5.41) is 0.536. The third-order valence-corrected chi connectivity index (χ3v) is 3.96. The van der Waals surface area contributed by atoms with Crippen LogP contribution in [0.4, 0.5) is 0 Å². The van der Waals surface area contributed by atoms with E-state index in [4.69, 9.17) is 11.6 Å².